The molecule has 8 nitrogen and oxygen atoms in total. The van der Waals surface area contributed by atoms with Crippen molar-refractivity contribution in [2.45, 2.75) is 12.8 Å². The van der Waals surface area contributed by atoms with Gasteiger partial charge in [0.1, 0.15) is 10.5 Å². The second-order valence-electron chi connectivity index (χ2n) is 6.61. The van der Waals surface area contributed by atoms with Crippen LogP contribution >= 0.6 is 11.3 Å². The summed E-state index contributed by atoms with van der Waals surface area (Å²) in [6.07, 6.45) is 8.09. The Labute approximate surface area is 180 Å². The third kappa shape index (κ3) is 3.53. The van der Waals surface area contributed by atoms with Crippen LogP contribution in [0, 0.1) is 11.3 Å². The fourth-order valence-corrected chi connectivity index (χ4v) is 4.61. The number of esters is 1. The zero-order valence-corrected chi connectivity index (χ0v) is 17.3. The lowest BCUT2D eigenvalue weighted by atomic mass is 9.84. The number of allylic oxidation sites excluding steroid dienone is 1. The minimum atomic E-state index is -0.790. The molecule has 0 saturated heterocycles. The lowest BCUT2D eigenvalue weighted by molar-refractivity contribution is -0.136. The highest BCUT2D eigenvalue weighted by Gasteiger charge is 2.36. The molecule has 154 valence electrons. The molecule has 3 aromatic heterocycles. The van der Waals surface area contributed by atoms with E-state index >= 15 is 0 Å². The Morgan fingerprint density at radius 3 is 2.68 bits per heavy atom. The van der Waals surface area contributed by atoms with Gasteiger partial charge in [0.25, 0.3) is 5.56 Å². The minimum absolute atomic E-state index is 0.00788. The van der Waals surface area contributed by atoms with Gasteiger partial charge in [0.05, 0.1) is 34.3 Å². The van der Waals surface area contributed by atoms with E-state index in [2.05, 4.69) is 16.0 Å². The molecule has 1 aliphatic rings. The van der Waals surface area contributed by atoms with Crippen LogP contribution in [0.25, 0.3) is 17.5 Å². The summed E-state index contributed by atoms with van der Waals surface area (Å²) in [5.74, 6) is -1.41. The normalized spacial score (nSPS) is 16.1. The highest BCUT2D eigenvalue weighted by molar-refractivity contribution is 7.07. The molecular formula is C22H17N5O3S. The smallest absolute Gasteiger partial charge is 0.338 e. The molecule has 0 bridgehead atoms. The first-order valence-electron chi connectivity index (χ1n) is 9.41. The average molecular weight is 431 g/mol. The quantitative estimate of drug-likeness (QED) is 0.603. The summed E-state index contributed by atoms with van der Waals surface area (Å²) < 4.78 is 7.20. The Morgan fingerprint density at radius 2 is 2.06 bits per heavy atom. The van der Waals surface area contributed by atoms with E-state index < -0.39 is 17.4 Å². The number of hydrogen-bond donors (Lipinski definition) is 1. The first kappa shape index (κ1) is 20.3. The molecule has 0 fully saturated rings. The highest BCUT2D eigenvalue weighted by Crippen LogP contribution is 2.36. The SMILES string of the molecule is CCOC(=O)C1=c2s/c(=C\c3cccnc3)c(=O)n2C(N)=C(C#N)C1c1cccnc1. The number of aromatic nitrogens is 3. The predicted molar refractivity (Wildman–Crippen MR) is 116 cm³/mol. The molecule has 3 aromatic rings. The fraction of sp³-hybridized carbons (Fsp3) is 0.136. The molecule has 0 spiro atoms. The first-order chi connectivity index (χ1) is 15.1. The van der Waals surface area contributed by atoms with Gasteiger partial charge in [-0.25, -0.2) is 4.79 Å². The van der Waals surface area contributed by atoms with Crippen molar-refractivity contribution in [1.29, 1.82) is 5.26 Å². The Kier molecular flexibility index (Phi) is 5.47. The van der Waals surface area contributed by atoms with E-state index in [4.69, 9.17) is 10.5 Å². The van der Waals surface area contributed by atoms with Crippen LogP contribution in [0.1, 0.15) is 24.0 Å². The van der Waals surface area contributed by atoms with Gasteiger partial charge in [-0.2, -0.15) is 5.26 Å². The average Bonchev–Trinajstić information content (AvgIpc) is 3.11. The fourth-order valence-electron chi connectivity index (χ4n) is 3.45. The molecule has 0 aliphatic carbocycles. The second kappa shape index (κ2) is 8.38. The molecule has 9 heteroatoms. The number of hydrogen-bond acceptors (Lipinski definition) is 8. The van der Waals surface area contributed by atoms with Gasteiger partial charge in [-0.3, -0.25) is 19.3 Å². The summed E-state index contributed by atoms with van der Waals surface area (Å²) in [5, 5.41) is 9.88. The highest BCUT2D eigenvalue weighted by atomic mass is 32.1. The number of pyridine rings is 2. The minimum Gasteiger partial charge on any atom is -0.463 e. The lowest BCUT2D eigenvalue weighted by Crippen LogP contribution is -2.40. The van der Waals surface area contributed by atoms with Crippen molar-refractivity contribution in [2.24, 2.45) is 5.73 Å². The Balaban J connectivity index is 2.10. The van der Waals surface area contributed by atoms with Gasteiger partial charge < -0.3 is 10.5 Å². The summed E-state index contributed by atoms with van der Waals surface area (Å²) in [4.78, 5) is 34.4. The molecule has 0 saturated carbocycles. The number of nitrogens with two attached hydrogens (primary N) is 1. The van der Waals surface area contributed by atoms with Crippen LogP contribution in [0.5, 0.6) is 0 Å². The van der Waals surface area contributed by atoms with E-state index in [9.17, 15) is 14.9 Å². The first-order valence-corrected chi connectivity index (χ1v) is 10.2. The van der Waals surface area contributed by atoms with Crippen LogP contribution in [0.3, 0.4) is 0 Å². The van der Waals surface area contributed by atoms with Crippen LogP contribution in [0.2, 0.25) is 0 Å². The van der Waals surface area contributed by atoms with Crippen molar-refractivity contribution in [3.8, 4) is 6.07 Å². The molecule has 0 amide bonds. The van der Waals surface area contributed by atoms with Crippen molar-refractivity contribution in [1.82, 2.24) is 14.5 Å². The summed E-state index contributed by atoms with van der Waals surface area (Å²) in [7, 11) is 0. The third-order valence-corrected chi connectivity index (χ3v) is 5.87. The largest absolute Gasteiger partial charge is 0.463 e. The van der Waals surface area contributed by atoms with Crippen LogP contribution in [0.15, 0.2) is 59.4 Å². The molecule has 0 radical (unpaired) electrons. The van der Waals surface area contributed by atoms with E-state index in [0.717, 1.165) is 16.9 Å². The van der Waals surface area contributed by atoms with E-state index in [-0.39, 0.29) is 23.6 Å². The van der Waals surface area contributed by atoms with E-state index in [0.29, 0.717) is 14.8 Å². The topological polar surface area (TPSA) is 124 Å². The van der Waals surface area contributed by atoms with Crippen LogP contribution in [0.4, 0.5) is 0 Å². The van der Waals surface area contributed by atoms with E-state index in [1.807, 2.05) is 6.07 Å². The van der Waals surface area contributed by atoms with Crippen molar-refractivity contribution in [3.05, 3.63) is 85.3 Å². The summed E-state index contributed by atoms with van der Waals surface area (Å²) in [5.41, 5.74) is 7.49. The van der Waals surface area contributed by atoms with Gasteiger partial charge in [0.15, 0.2) is 0 Å². The van der Waals surface area contributed by atoms with Gasteiger partial charge in [0, 0.05) is 24.8 Å². The number of ether oxygens (including phenoxy) is 1. The van der Waals surface area contributed by atoms with Gasteiger partial charge in [-0.15, -0.1) is 11.3 Å². The Hall–Kier alpha value is -4.03. The third-order valence-electron chi connectivity index (χ3n) is 4.76. The maximum absolute atomic E-state index is 13.2. The van der Waals surface area contributed by atoms with Gasteiger partial charge in [-0.05, 0) is 36.3 Å². The zero-order chi connectivity index (χ0) is 22.0. The van der Waals surface area contributed by atoms with E-state index in [1.165, 1.54) is 4.57 Å². The van der Waals surface area contributed by atoms with Crippen molar-refractivity contribution in [2.75, 3.05) is 6.61 Å². The Bertz CT molecular complexity index is 1400. The van der Waals surface area contributed by atoms with E-state index in [1.54, 1.807) is 56.0 Å². The summed E-state index contributed by atoms with van der Waals surface area (Å²) in [6.45, 7) is 1.84. The maximum atomic E-state index is 13.2. The molecule has 4 heterocycles. The Morgan fingerprint density at radius 1 is 1.32 bits per heavy atom. The van der Waals surface area contributed by atoms with Crippen molar-refractivity contribution >= 4 is 34.8 Å². The lowest BCUT2D eigenvalue weighted by Gasteiger charge is -2.24. The number of carbonyl (C=O) groups is 1. The summed E-state index contributed by atoms with van der Waals surface area (Å²) in [6, 6.07) is 9.11. The molecular weight excluding hydrogens is 414 g/mol. The van der Waals surface area contributed by atoms with Gasteiger partial charge in [-0.1, -0.05) is 12.1 Å². The molecule has 1 unspecified atom stereocenters. The number of rotatable bonds is 4. The predicted octanol–water partition coefficient (Wildman–Crippen LogP) is 0.691. The summed E-state index contributed by atoms with van der Waals surface area (Å²) >= 11 is 1.12. The molecule has 2 N–H and O–H groups in total. The molecule has 1 atom stereocenters. The number of thiazole rings is 1. The van der Waals surface area contributed by atoms with Gasteiger partial charge in [0.2, 0.25) is 0 Å². The second-order valence-corrected chi connectivity index (χ2v) is 7.64. The van der Waals surface area contributed by atoms with Crippen LogP contribution in [-0.2, 0) is 9.53 Å². The molecule has 0 aromatic carbocycles. The molecule has 31 heavy (non-hydrogen) atoms. The van der Waals surface area contributed by atoms with Crippen molar-refractivity contribution in [3.63, 3.8) is 0 Å². The monoisotopic (exact) mass is 431 g/mol. The van der Waals surface area contributed by atoms with Crippen LogP contribution < -0.4 is 20.5 Å². The van der Waals surface area contributed by atoms with Gasteiger partial charge >= 0.3 is 5.97 Å². The zero-order valence-electron chi connectivity index (χ0n) is 16.5. The molecule has 1 aliphatic heterocycles. The molecule has 4 rings (SSSR count). The maximum Gasteiger partial charge on any atom is 0.338 e. The number of fused-ring (bicyclic) bond motifs is 1. The number of nitriles is 1. The van der Waals surface area contributed by atoms with Crippen molar-refractivity contribution < 1.29 is 9.53 Å². The standard InChI is InChI=1S/C22H17N5O3S/c1-2-30-22(29)18-17(14-6-4-8-26-12-14)15(10-23)19(24)27-20(28)16(31-21(18)27)9-13-5-3-7-25-11-13/h3-9,11-12,17H,2,24H2,1H3/b16-9-. The number of nitrogens with zero attached hydrogens (tertiary/aromatic N) is 4. The number of carbonyl (C=O) groups excluding carboxylic acids is 1. The van der Waals surface area contributed by atoms with Crippen LogP contribution in [-0.4, -0.2) is 27.1 Å².